The van der Waals surface area contributed by atoms with Gasteiger partial charge in [0.15, 0.2) is 5.96 Å². The van der Waals surface area contributed by atoms with Crippen molar-refractivity contribution in [2.45, 2.75) is 32.6 Å². The Morgan fingerprint density at radius 2 is 2.12 bits per heavy atom. The van der Waals surface area contributed by atoms with E-state index < -0.39 is 0 Å². The standard InChI is InChI=1S/C19H26N4S/c1-14-18(24-15(2)22-14)9-11-21-19(20-3)23-12-10-17(13-23)16-7-5-4-6-8-16/h4-8,17H,9-13H2,1-3H3,(H,20,21). The minimum Gasteiger partial charge on any atom is -0.356 e. The molecule has 2 heterocycles. The number of thiazole rings is 1. The molecule has 1 saturated heterocycles. The molecular formula is C19H26N4S. The van der Waals surface area contributed by atoms with Gasteiger partial charge in [0.05, 0.1) is 10.7 Å². The van der Waals surface area contributed by atoms with Crippen molar-refractivity contribution in [1.82, 2.24) is 15.2 Å². The van der Waals surface area contributed by atoms with Crippen LogP contribution in [0, 0.1) is 13.8 Å². The number of hydrogen-bond donors (Lipinski definition) is 1. The largest absolute Gasteiger partial charge is 0.356 e. The van der Waals surface area contributed by atoms with Gasteiger partial charge in [-0.3, -0.25) is 4.99 Å². The highest BCUT2D eigenvalue weighted by atomic mass is 32.1. The van der Waals surface area contributed by atoms with Gasteiger partial charge in [0.1, 0.15) is 0 Å². The predicted molar refractivity (Wildman–Crippen MR) is 102 cm³/mol. The first-order valence-corrected chi connectivity index (χ1v) is 9.42. The molecule has 3 rings (SSSR count). The Bertz CT molecular complexity index is 693. The number of aliphatic imine (C=N–C) groups is 1. The Morgan fingerprint density at radius 1 is 1.33 bits per heavy atom. The first-order chi connectivity index (χ1) is 11.7. The Labute approximate surface area is 148 Å². The highest BCUT2D eigenvalue weighted by Gasteiger charge is 2.25. The number of aromatic nitrogens is 1. The summed E-state index contributed by atoms with van der Waals surface area (Å²) in [5.74, 6) is 1.63. The minimum absolute atomic E-state index is 0.608. The van der Waals surface area contributed by atoms with E-state index in [2.05, 4.69) is 64.4 Å². The zero-order valence-corrected chi connectivity index (χ0v) is 15.6. The van der Waals surface area contributed by atoms with E-state index in [0.29, 0.717) is 5.92 Å². The third-order valence-corrected chi connectivity index (χ3v) is 5.74. The van der Waals surface area contributed by atoms with Crippen LogP contribution in [-0.4, -0.2) is 42.5 Å². The normalized spacial score (nSPS) is 18.2. The third kappa shape index (κ3) is 3.96. The fourth-order valence-electron chi connectivity index (χ4n) is 3.38. The summed E-state index contributed by atoms with van der Waals surface area (Å²) < 4.78 is 0. The zero-order valence-electron chi connectivity index (χ0n) is 14.7. The molecule has 1 atom stereocenters. The van der Waals surface area contributed by atoms with Gasteiger partial charge in [-0.2, -0.15) is 0 Å². The lowest BCUT2D eigenvalue weighted by molar-refractivity contribution is 0.486. The van der Waals surface area contributed by atoms with Gasteiger partial charge in [-0.15, -0.1) is 11.3 Å². The van der Waals surface area contributed by atoms with E-state index in [1.165, 1.54) is 22.6 Å². The summed E-state index contributed by atoms with van der Waals surface area (Å²) in [4.78, 5) is 12.7. The molecule has 0 radical (unpaired) electrons. The van der Waals surface area contributed by atoms with Gasteiger partial charge in [-0.1, -0.05) is 30.3 Å². The molecule has 0 bridgehead atoms. The lowest BCUT2D eigenvalue weighted by Crippen LogP contribution is -2.40. The average molecular weight is 343 g/mol. The van der Waals surface area contributed by atoms with Crippen LogP contribution in [0.1, 0.15) is 33.5 Å². The molecule has 128 valence electrons. The van der Waals surface area contributed by atoms with E-state index in [1.54, 1.807) is 11.3 Å². The third-order valence-electron chi connectivity index (χ3n) is 4.61. The second-order valence-corrected chi connectivity index (χ2v) is 7.60. The lowest BCUT2D eigenvalue weighted by Gasteiger charge is -2.21. The number of nitrogens with one attached hydrogen (secondary N) is 1. The van der Waals surface area contributed by atoms with Gasteiger partial charge in [-0.05, 0) is 25.8 Å². The van der Waals surface area contributed by atoms with E-state index in [0.717, 1.165) is 37.0 Å². The van der Waals surface area contributed by atoms with Crippen molar-refractivity contribution in [3.05, 3.63) is 51.5 Å². The molecule has 1 aliphatic heterocycles. The Hall–Kier alpha value is -1.88. The molecule has 0 saturated carbocycles. The van der Waals surface area contributed by atoms with E-state index in [4.69, 9.17) is 0 Å². The number of likely N-dealkylation sites (tertiary alicyclic amines) is 1. The molecule has 0 aliphatic carbocycles. The number of rotatable bonds is 4. The summed E-state index contributed by atoms with van der Waals surface area (Å²) in [6, 6.07) is 10.8. The van der Waals surface area contributed by atoms with Gasteiger partial charge >= 0.3 is 0 Å². The first kappa shape index (κ1) is 17.0. The fraction of sp³-hybridized carbons (Fsp3) is 0.474. The molecule has 1 unspecified atom stereocenters. The minimum atomic E-state index is 0.608. The smallest absolute Gasteiger partial charge is 0.193 e. The van der Waals surface area contributed by atoms with Crippen molar-refractivity contribution in [1.29, 1.82) is 0 Å². The Balaban J connectivity index is 1.53. The SMILES string of the molecule is CN=C(NCCc1sc(C)nc1C)N1CCC(c2ccccc2)C1. The zero-order chi connectivity index (χ0) is 16.9. The van der Waals surface area contributed by atoms with Crippen LogP contribution in [0.2, 0.25) is 0 Å². The predicted octanol–water partition coefficient (Wildman–Crippen LogP) is 3.37. The lowest BCUT2D eigenvalue weighted by atomic mass is 9.99. The molecule has 1 aromatic carbocycles. The maximum absolute atomic E-state index is 4.50. The van der Waals surface area contributed by atoms with Crippen molar-refractivity contribution in [2.75, 3.05) is 26.7 Å². The van der Waals surface area contributed by atoms with Gasteiger partial charge < -0.3 is 10.2 Å². The van der Waals surface area contributed by atoms with Gasteiger partial charge in [-0.25, -0.2) is 4.98 Å². The summed E-state index contributed by atoms with van der Waals surface area (Å²) in [7, 11) is 1.88. The molecule has 1 aliphatic rings. The summed E-state index contributed by atoms with van der Waals surface area (Å²) >= 11 is 1.80. The van der Waals surface area contributed by atoms with Crippen LogP contribution in [0.25, 0.3) is 0 Å². The topological polar surface area (TPSA) is 40.5 Å². The Kier molecular flexibility index (Phi) is 5.51. The summed E-state index contributed by atoms with van der Waals surface area (Å²) in [5, 5.41) is 4.67. The van der Waals surface area contributed by atoms with Crippen LogP contribution < -0.4 is 5.32 Å². The molecule has 0 amide bonds. The maximum Gasteiger partial charge on any atom is 0.193 e. The highest BCUT2D eigenvalue weighted by molar-refractivity contribution is 7.11. The molecule has 24 heavy (non-hydrogen) atoms. The summed E-state index contributed by atoms with van der Waals surface area (Å²) in [6.07, 6.45) is 2.20. The van der Waals surface area contributed by atoms with E-state index in [1.807, 2.05) is 7.05 Å². The number of hydrogen-bond acceptors (Lipinski definition) is 3. The molecule has 1 fully saturated rings. The number of benzene rings is 1. The summed E-state index contributed by atoms with van der Waals surface area (Å²) in [6.45, 7) is 7.18. The monoisotopic (exact) mass is 342 g/mol. The highest BCUT2D eigenvalue weighted by Crippen LogP contribution is 2.26. The van der Waals surface area contributed by atoms with Crippen molar-refractivity contribution in [3.8, 4) is 0 Å². The van der Waals surface area contributed by atoms with Crippen molar-refractivity contribution in [2.24, 2.45) is 4.99 Å². The molecular weight excluding hydrogens is 316 g/mol. The van der Waals surface area contributed by atoms with Crippen LogP contribution in [0.3, 0.4) is 0 Å². The van der Waals surface area contributed by atoms with Gasteiger partial charge in [0.25, 0.3) is 0 Å². The number of nitrogens with zero attached hydrogens (tertiary/aromatic N) is 3. The molecule has 0 spiro atoms. The van der Waals surface area contributed by atoms with Crippen LogP contribution in [0.5, 0.6) is 0 Å². The molecule has 5 heteroatoms. The summed E-state index contributed by atoms with van der Waals surface area (Å²) in [5.41, 5.74) is 2.60. The molecule has 2 aromatic rings. The molecule has 4 nitrogen and oxygen atoms in total. The number of guanidine groups is 1. The quantitative estimate of drug-likeness (QED) is 0.684. The van der Waals surface area contributed by atoms with E-state index in [-0.39, 0.29) is 0 Å². The first-order valence-electron chi connectivity index (χ1n) is 8.61. The molecule has 1 aromatic heterocycles. The van der Waals surface area contributed by atoms with E-state index in [9.17, 15) is 0 Å². The fourth-order valence-corrected chi connectivity index (χ4v) is 4.31. The second-order valence-electron chi connectivity index (χ2n) is 6.31. The van der Waals surface area contributed by atoms with Crippen molar-refractivity contribution >= 4 is 17.3 Å². The van der Waals surface area contributed by atoms with Crippen molar-refractivity contribution < 1.29 is 0 Å². The average Bonchev–Trinajstić information content (AvgIpc) is 3.19. The van der Waals surface area contributed by atoms with Crippen LogP contribution in [-0.2, 0) is 6.42 Å². The maximum atomic E-state index is 4.50. The second kappa shape index (κ2) is 7.79. The Morgan fingerprint density at radius 3 is 2.79 bits per heavy atom. The van der Waals surface area contributed by atoms with Crippen LogP contribution >= 0.6 is 11.3 Å². The van der Waals surface area contributed by atoms with E-state index >= 15 is 0 Å². The van der Waals surface area contributed by atoms with Crippen LogP contribution in [0.4, 0.5) is 0 Å². The van der Waals surface area contributed by atoms with Crippen molar-refractivity contribution in [3.63, 3.8) is 0 Å². The van der Waals surface area contributed by atoms with Gasteiger partial charge in [0.2, 0.25) is 0 Å². The van der Waals surface area contributed by atoms with Crippen LogP contribution in [0.15, 0.2) is 35.3 Å². The molecule has 1 N–H and O–H groups in total. The van der Waals surface area contributed by atoms with Gasteiger partial charge in [0, 0.05) is 43.9 Å². The number of aryl methyl sites for hydroxylation is 2.